The lowest BCUT2D eigenvalue weighted by Crippen LogP contribution is -2.44. The molecule has 2 aliphatic rings. The fourth-order valence-corrected chi connectivity index (χ4v) is 3.80. The van der Waals surface area contributed by atoms with Crippen LogP contribution in [0.2, 0.25) is 0 Å². The quantitative estimate of drug-likeness (QED) is 0.910. The van der Waals surface area contributed by atoms with Crippen molar-refractivity contribution < 1.29 is 4.74 Å². The van der Waals surface area contributed by atoms with Crippen LogP contribution in [0.3, 0.4) is 0 Å². The predicted molar refractivity (Wildman–Crippen MR) is 93.7 cm³/mol. The first-order chi connectivity index (χ1) is 11.3. The average Bonchev–Trinajstić information content (AvgIpc) is 2.93. The van der Waals surface area contributed by atoms with E-state index >= 15 is 0 Å². The van der Waals surface area contributed by atoms with Crippen LogP contribution in [0.25, 0.3) is 6.08 Å². The van der Waals surface area contributed by atoms with E-state index in [1.807, 2.05) is 0 Å². The third kappa shape index (κ3) is 2.49. The molecule has 3 heterocycles. The monoisotopic (exact) mass is 308 g/mol. The van der Waals surface area contributed by atoms with E-state index in [9.17, 15) is 0 Å². The van der Waals surface area contributed by atoms with Crippen molar-refractivity contribution >= 4 is 6.08 Å². The summed E-state index contributed by atoms with van der Waals surface area (Å²) in [5, 5.41) is 3.47. The van der Waals surface area contributed by atoms with Crippen LogP contribution in [-0.2, 0) is 12.1 Å². The number of aromatic nitrogens is 1. The largest absolute Gasteiger partial charge is 0.481 e. The molecule has 0 unspecified atom stereocenters. The van der Waals surface area contributed by atoms with Gasteiger partial charge in [-0.25, -0.2) is 0 Å². The van der Waals surface area contributed by atoms with E-state index in [-0.39, 0.29) is 5.60 Å². The van der Waals surface area contributed by atoms with Crippen molar-refractivity contribution in [2.75, 3.05) is 13.1 Å². The van der Waals surface area contributed by atoms with Gasteiger partial charge in [0.1, 0.15) is 5.75 Å². The zero-order valence-corrected chi connectivity index (χ0v) is 13.7. The molecule has 1 fully saturated rings. The number of allylic oxidation sites excluding steroid dienone is 1. The second kappa shape index (κ2) is 5.89. The number of nitrogens with one attached hydrogen (secondary N) is 1. The number of hydrogen-bond donors (Lipinski definition) is 1. The first-order valence-electron chi connectivity index (χ1n) is 8.66. The van der Waals surface area contributed by atoms with Gasteiger partial charge < -0.3 is 14.6 Å². The molecule has 3 heteroatoms. The molecule has 0 radical (unpaired) electrons. The highest BCUT2D eigenvalue weighted by atomic mass is 16.5. The fourth-order valence-electron chi connectivity index (χ4n) is 3.80. The van der Waals surface area contributed by atoms with Crippen molar-refractivity contribution in [2.24, 2.45) is 0 Å². The predicted octanol–water partition coefficient (Wildman–Crippen LogP) is 3.93. The Morgan fingerprint density at radius 3 is 2.83 bits per heavy atom. The van der Waals surface area contributed by atoms with E-state index in [4.69, 9.17) is 4.74 Å². The SMILES string of the molecule is CCC=Cc1ccc2n1Cc1ccccc1OC21CCNCC1. The van der Waals surface area contributed by atoms with Crippen molar-refractivity contribution in [3.05, 3.63) is 59.4 Å². The van der Waals surface area contributed by atoms with Gasteiger partial charge in [-0.1, -0.05) is 31.2 Å². The van der Waals surface area contributed by atoms with E-state index in [0.29, 0.717) is 0 Å². The number of piperidine rings is 1. The number of para-hydroxylation sites is 1. The summed E-state index contributed by atoms with van der Waals surface area (Å²) in [5.41, 5.74) is 3.67. The van der Waals surface area contributed by atoms with Crippen LogP contribution < -0.4 is 10.1 Å². The van der Waals surface area contributed by atoms with Gasteiger partial charge in [-0.15, -0.1) is 0 Å². The Bertz CT molecular complexity index is 723. The summed E-state index contributed by atoms with van der Waals surface area (Å²) in [6, 6.07) is 13.0. The summed E-state index contributed by atoms with van der Waals surface area (Å²) in [7, 11) is 0. The standard InChI is InChI=1S/C20H24N2O/c1-2-3-7-17-9-10-19-20(11-13-21-14-12-20)23-18-8-5-4-6-16(18)15-22(17)19/h3-10,21H,2,11-15H2,1H3. The van der Waals surface area contributed by atoms with Gasteiger partial charge in [0.15, 0.2) is 5.60 Å². The van der Waals surface area contributed by atoms with Crippen LogP contribution in [0.15, 0.2) is 42.5 Å². The molecule has 0 bridgehead atoms. The summed E-state index contributed by atoms with van der Waals surface area (Å²) in [6.45, 7) is 5.08. The second-order valence-electron chi connectivity index (χ2n) is 6.49. The summed E-state index contributed by atoms with van der Waals surface area (Å²) < 4.78 is 9.09. The summed E-state index contributed by atoms with van der Waals surface area (Å²) in [5.74, 6) is 1.04. The molecule has 2 aromatic rings. The molecule has 4 rings (SSSR count). The number of fused-ring (bicyclic) bond motifs is 3. The number of nitrogens with zero attached hydrogens (tertiary/aromatic N) is 1. The highest BCUT2D eigenvalue weighted by Crippen LogP contribution is 2.41. The smallest absolute Gasteiger partial charge is 0.151 e. The number of hydrogen-bond acceptors (Lipinski definition) is 2. The zero-order chi connectivity index (χ0) is 15.7. The van der Waals surface area contributed by atoms with Crippen LogP contribution in [-0.4, -0.2) is 17.7 Å². The normalized spacial score (nSPS) is 19.2. The van der Waals surface area contributed by atoms with Crippen molar-refractivity contribution in [3.63, 3.8) is 0 Å². The maximum absolute atomic E-state index is 6.64. The molecular weight excluding hydrogens is 284 g/mol. The van der Waals surface area contributed by atoms with Crippen LogP contribution in [0, 0.1) is 0 Å². The summed E-state index contributed by atoms with van der Waals surface area (Å²) in [6.07, 6.45) is 7.56. The molecule has 1 spiro atoms. The number of ether oxygens (including phenoxy) is 1. The Hall–Kier alpha value is -2.00. The van der Waals surface area contributed by atoms with Gasteiger partial charge in [0.05, 0.1) is 12.2 Å². The Morgan fingerprint density at radius 2 is 2.00 bits per heavy atom. The van der Waals surface area contributed by atoms with E-state index in [2.05, 4.69) is 65.4 Å². The maximum atomic E-state index is 6.64. The Kier molecular flexibility index (Phi) is 3.74. The number of rotatable bonds is 2. The van der Waals surface area contributed by atoms with Gasteiger partial charge in [0, 0.05) is 24.1 Å². The van der Waals surface area contributed by atoms with Gasteiger partial charge in [-0.2, -0.15) is 0 Å². The van der Waals surface area contributed by atoms with Crippen LogP contribution in [0.1, 0.15) is 43.1 Å². The maximum Gasteiger partial charge on any atom is 0.151 e. The molecule has 0 amide bonds. The van der Waals surface area contributed by atoms with Crippen LogP contribution in [0.4, 0.5) is 0 Å². The number of benzene rings is 1. The minimum Gasteiger partial charge on any atom is -0.481 e. The van der Waals surface area contributed by atoms with Gasteiger partial charge in [0.25, 0.3) is 0 Å². The average molecular weight is 308 g/mol. The van der Waals surface area contributed by atoms with Crippen molar-refractivity contribution in [1.29, 1.82) is 0 Å². The highest BCUT2D eigenvalue weighted by molar-refractivity contribution is 5.50. The van der Waals surface area contributed by atoms with E-state index in [1.54, 1.807) is 0 Å². The lowest BCUT2D eigenvalue weighted by Gasteiger charge is -2.37. The molecule has 0 atom stereocenters. The topological polar surface area (TPSA) is 26.2 Å². The fraction of sp³-hybridized carbons (Fsp3) is 0.400. The Labute approximate surface area is 138 Å². The molecular formula is C20H24N2O. The third-order valence-corrected chi connectivity index (χ3v) is 5.02. The minimum absolute atomic E-state index is 0.198. The molecule has 2 aliphatic heterocycles. The lowest BCUT2D eigenvalue weighted by molar-refractivity contribution is 0.0293. The second-order valence-corrected chi connectivity index (χ2v) is 6.49. The molecule has 0 aliphatic carbocycles. The van der Waals surface area contributed by atoms with E-state index in [1.165, 1.54) is 17.0 Å². The molecule has 0 saturated carbocycles. The third-order valence-electron chi connectivity index (χ3n) is 5.02. The van der Waals surface area contributed by atoms with Crippen LogP contribution >= 0.6 is 0 Å². The van der Waals surface area contributed by atoms with E-state index in [0.717, 1.165) is 44.6 Å². The van der Waals surface area contributed by atoms with Gasteiger partial charge in [-0.05, 0) is 43.8 Å². The molecule has 1 aromatic carbocycles. The minimum atomic E-state index is -0.198. The van der Waals surface area contributed by atoms with Crippen molar-refractivity contribution in [2.45, 2.75) is 38.3 Å². The van der Waals surface area contributed by atoms with Crippen molar-refractivity contribution in [1.82, 2.24) is 9.88 Å². The molecule has 23 heavy (non-hydrogen) atoms. The van der Waals surface area contributed by atoms with Gasteiger partial charge in [0.2, 0.25) is 0 Å². The Balaban J connectivity index is 1.87. The van der Waals surface area contributed by atoms with Crippen molar-refractivity contribution in [3.8, 4) is 5.75 Å². The molecule has 1 aromatic heterocycles. The first-order valence-corrected chi connectivity index (χ1v) is 8.66. The van der Waals surface area contributed by atoms with Crippen LogP contribution in [0.5, 0.6) is 5.75 Å². The zero-order valence-electron chi connectivity index (χ0n) is 13.7. The van der Waals surface area contributed by atoms with Gasteiger partial charge >= 0.3 is 0 Å². The molecule has 120 valence electrons. The first kappa shape index (κ1) is 14.6. The summed E-state index contributed by atoms with van der Waals surface area (Å²) >= 11 is 0. The highest BCUT2D eigenvalue weighted by Gasteiger charge is 2.41. The van der Waals surface area contributed by atoms with E-state index < -0.39 is 0 Å². The molecule has 1 N–H and O–H groups in total. The molecule has 1 saturated heterocycles. The lowest BCUT2D eigenvalue weighted by atomic mass is 9.88. The molecule has 3 nitrogen and oxygen atoms in total. The van der Waals surface area contributed by atoms with Gasteiger partial charge in [-0.3, -0.25) is 0 Å². The summed E-state index contributed by atoms with van der Waals surface area (Å²) in [4.78, 5) is 0. The Morgan fingerprint density at radius 1 is 1.17 bits per heavy atom.